The molecule has 3 nitrogen and oxygen atoms in total. The van der Waals surface area contributed by atoms with Crippen molar-refractivity contribution >= 4 is 15.9 Å². The molecule has 1 saturated heterocycles. The second kappa shape index (κ2) is 7.12. The van der Waals surface area contributed by atoms with Crippen LogP contribution in [0.2, 0.25) is 0 Å². The van der Waals surface area contributed by atoms with Crippen molar-refractivity contribution in [3.8, 4) is 5.75 Å². The molecule has 1 aromatic carbocycles. The van der Waals surface area contributed by atoms with Crippen LogP contribution in [0.5, 0.6) is 5.75 Å². The van der Waals surface area contributed by atoms with Crippen LogP contribution >= 0.6 is 15.9 Å². The molecule has 116 valence electrons. The molecule has 1 heterocycles. The highest BCUT2D eigenvalue weighted by atomic mass is 79.9. The number of nitrogens with zero attached hydrogens (tertiary/aromatic N) is 1. The van der Waals surface area contributed by atoms with Crippen LogP contribution in [0.3, 0.4) is 0 Å². The summed E-state index contributed by atoms with van der Waals surface area (Å²) in [5.41, 5.74) is 1.30. The lowest BCUT2D eigenvalue weighted by Gasteiger charge is -2.30. The molecule has 21 heavy (non-hydrogen) atoms. The van der Waals surface area contributed by atoms with E-state index in [1.165, 1.54) is 50.9 Å². The average Bonchev–Trinajstić information content (AvgIpc) is 3.33. The van der Waals surface area contributed by atoms with Crippen LogP contribution in [0, 0.1) is 5.92 Å². The van der Waals surface area contributed by atoms with Crippen molar-refractivity contribution < 1.29 is 4.74 Å². The molecule has 1 aliphatic carbocycles. The van der Waals surface area contributed by atoms with Crippen molar-refractivity contribution in [1.82, 2.24) is 10.2 Å². The van der Waals surface area contributed by atoms with E-state index in [0.717, 1.165) is 28.7 Å². The van der Waals surface area contributed by atoms with Gasteiger partial charge in [0.2, 0.25) is 0 Å². The number of ether oxygens (including phenoxy) is 1. The van der Waals surface area contributed by atoms with E-state index in [9.17, 15) is 0 Å². The standard InChI is InChI=1S/C17H25BrN2O/c1-21-17-5-2-15(18)10-14(17)12-20(16-3-4-16)11-13-6-8-19-9-7-13/h2,5,10,13,16,19H,3-4,6-9,11-12H2,1H3. The van der Waals surface area contributed by atoms with Crippen LogP contribution in [0.25, 0.3) is 0 Å². The minimum atomic E-state index is 0.795. The maximum Gasteiger partial charge on any atom is 0.123 e. The summed E-state index contributed by atoms with van der Waals surface area (Å²) in [6.45, 7) is 4.62. The summed E-state index contributed by atoms with van der Waals surface area (Å²) >= 11 is 3.58. The summed E-state index contributed by atoms with van der Waals surface area (Å²) in [5, 5.41) is 3.46. The first kappa shape index (κ1) is 15.3. The van der Waals surface area contributed by atoms with Crippen molar-refractivity contribution in [2.75, 3.05) is 26.7 Å². The molecular formula is C17H25BrN2O. The summed E-state index contributed by atoms with van der Waals surface area (Å²) < 4.78 is 6.67. The number of piperidine rings is 1. The maximum absolute atomic E-state index is 5.53. The first-order valence-corrected chi connectivity index (χ1v) is 8.82. The van der Waals surface area contributed by atoms with Gasteiger partial charge in [0.15, 0.2) is 0 Å². The van der Waals surface area contributed by atoms with Gasteiger partial charge in [0.05, 0.1) is 7.11 Å². The van der Waals surface area contributed by atoms with Crippen LogP contribution in [-0.4, -0.2) is 37.7 Å². The first-order valence-electron chi connectivity index (χ1n) is 8.03. The lowest BCUT2D eigenvalue weighted by molar-refractivity contribution is 0.188. The molecule has 0 atom stereocenters. The van der Waals surface area contributed by atoms with Crippen molar-refractivity contribution in [1.29, 1.82) is 0 Å². The molecule has 2 aliphatic rings. The van der Waals surface area contributed by atoms with Gasteiger partial charge in [0.1, 0.15) is 5.75 Å². The van der Waals surface area contributed by atoms with E-state index >= 15 is 0 Å². The Hall–Kier alpha value is -0.580. The number of hydrogen-bond acceptors (Lipinski definition) is 3. The second-order valence-corrected chi connectivity index (χ2v) is 7.23. The fraction of sp³-hybridized carbons (Fsp3) is 0.647. The number of methoxy groups -OCH3 is 1. The Bertz CT molecular complexity index is 470. The topological polar surface area (TPSA) is 24.5 Å². The van der Waals surface area contributed by atoms with Gasteiger partial charge < -0.3 is 10.1 Å². The Morgan fingerprint density at radius 1 is 1.24 bits per heavy atom. The highest BCUT2D eigenvalue weighted by Gasteiger charge is 2.31. The molecule has 0 spiro atoms. The van der Waals surface area contributed by atoms with E-state index < -0.39 is 0 Å². The molecular weight excluding hydrogens is 328 g/mol. The minimum absolute atomic E-state index is 0.795. The highest BCUT2D eigenvalue weighted by Crippen LogP contribution is 2.33. The minimum Gasteiger partial charge on any atom is -0.496 e. The first-order chi connectivity index (χ1) is 10.3. The highest BCUT2D eigenvalue weighted by molar-refractivity contribution is 9.10. The van der Waals surface area contributed by atoms with Crippen LogP contribution in [-0.2, 0) is 6.54 Å². The molecule has 0 amide bonds. The molecule has 0 radical (unpaired) electrons. The zero-order chi connectivity index (χ0) is 14.7. The monoisotopic (exact) mass is 352 g/mol. The lowest BCUT2D eigenvalue weighted by atomic mass is 9.97. The smallest absolute Gasteiger partial charge is 0.123 e. The average molecular weight is 353 g/mol. The number of halogens is 1. The second-order valence-electron chi connectivity index (χ2n) is 6.31. The van der Waals surface area contributed by atoms with Crippen molar-refractivity contribution in [3.63, 3.8) is 0 Å². The van der Waals surface area contributed by atoms with Crippen LogP contribution < -0.4 is 10.1 Å². The van der Waals surface area contributed by atoms with Crippen molar-refractivity contribution in [3.05, 3.63) is 28.2 Å². The molecule has 2 fully saturated rings. The zero-order valence-corrected chi connectivity index (χ0v) is 14.4. The van der Waals surface area contributed by atoms with Crippen LogP contribution in [0.15, 0.2) is 22.7 Å². The van der Waals surface area contributed by atoms with Gasteiger partial charge in [-0.25, -0.2) is 0 Å². The molecule has 3 rings (SSSR count). The van der Waals surface area contributed by atoms with Crippen LogP contribution in [0.1, 0.15) is 31.2 Å². The molecule has 4 heteroatoms. The SMILES string of the molecule is COc1ccc(Br)cc1CN(CC1CCNCC1)C1CC1. The summed E-state index contributed by atoms with van der Waals surface area (Å²) in [5.74, 6) is 1.86. The van der Waals surface area contributed by atoms with Gasteiger partial charge in [-0.05, 0) is 62.9 Å². The normalized spacial score (nSPS) is 20.0. The molecule has 0 aromatic heterocycles. The van der Waals surface area contributed by atoms with E-state index in [1.807, 2.05) is 0 Å². The predicted molar refractivity (Wildman–Crippen MR) is 89.7 cm³/mol. The molecule has 0 unspecified atom stereocenters. The third-order valence-corrected chi connectivity index (χ3v) is 5.12. The van der Waals surface area contributed by atoms with Crippen LogP contribution in [0.4, 0.5) is 0 Å². The van der Waals surface area contributed by atoms with Crippen molar-refractivity contribution in [2.45, 2.75) is 38.3 Å². The number of benzene rings is 1. The van der Waals surface area contributed by atoms with Gasteiger partial charge in [0, 0.05) is 29.2 Å². The van der Waals surface area contributed by atoms with E-state index in [1.54, 1.807) is 7.11 Å². The maximum atomic E-state index is 5.53. The number of hydrogen-bond donors (Lipinski definition) is 1. The zero-order valence-electron chi connectivity index (χ0n) is 12.8. The summed E-state index contributed by atoms with van der Waals surface area (Å²) in [6, 6.07) is 7.12. The van der Waals surface area contributed by atoms with E-state index in [2.05, 4.69) is 44.3 Å². The van der Waals surface area contributed by atoms with E-state index in [-0.39, 0.29) is 0 Å². The van der Waals surface area contributed by atoms with Gasteiger partial charge in [0.25, 0.3) is 0 Å². The summed E-state index contributed by atoms with van der Waals surface area (Å²) in [7, 11) is 1.76. The lowest BCUT2D eigenvalue weighted by Crippen LogP contribution is -2.37. The predicted octanol–water partition coefficient (Wildman–Crippen LogP) is 3.42. The molecule has 0 bridgehead atoms. The summed E-state index contributed by atoms with van der Waals surface area (Å²) in [4.78, 5) is 2.68. The quantitative estimate of drug-likeness (QED) is 0.848. The Morgan fingerprint density at radius 2 is 2.00 bits per heavy atom. The Labute approximate surface area is 136 Å². The Balaban J connectivity index is 1.68. The van der Waals surface area contributed by atoms with Crippen molar-refractivity contribution in [2.24, 2.45) is 5.92 Å². The van der Waals surface area contributed by atoms with Gasteiger partial charge in [-0.1, -0.05) is 15.9 Å². The van der Waals surface area contributed by atoms with Gasteiger partial charge in [-0.15, -0.1) is 0 Å². The van der Waals surface area contributed by atoms with E-state index in [0.29, 0.717) is 0 Å². The number of nitrogens with one attached hydrogen (secondary N) is 1. The fourth-order valence-corrected chi connectivity index (χ4v) is 3.68. The third-order valence-electron chi connectivity index (χ3n) is 4.63. The van der Waals surface area contributed by atoms with Gasteiger partial charge in [-0.3, -0.25) is 4.90 Å². The molecule has 1 N–H and O–H groups in total. The number of rotatable bonds is 6. The van der Waals surface area contributed by atoms with Gasteiger partial charge >= 0.3 is 0 Å². The summed E-state index contributed by atoms with van der Waals surface area (Å²) in [6.07, 6.45) is 5.36. The largest absolute Gasteiger partial charge is 0.496 e. The Morgan fingerprint density at radius 3 is 2.67 bits per heavy atom. The molecule has 1 saturated carbocycles. The van der Waals surface area contributed by atoms with Gasteiger partial charge in [-0.2, -0.15) is 0 Å². The third kappa shape index (κ3) is 4.21. The Kier molecular flexibility index (Phi) is 5.19. The van der Waals surface area contributed by atoms with E-state index in [4.69, 9.17) is 4.74 Å². The fourth-order valence-electron chi connectivity index (χ4n) is 3.27. The molecule has 1 aliphatic heterocycles. The molecule has 1 aromatic rings.